The zero-order valence-electron chi connectivity index (χ0n) is 15.4. The lowest BCUT2D eigenvalue weighted by Crippen LogP contribution is -2.09. The van der Waals surface area contributed by atoms with Crippen LogP contribution in [-0.2, 0) is 6.42 Å². The van der Waals surface area contributed by atoms with Gasteiger partial charge >= 0.3 is 0 Å². The molecule has 0 fully saturated rings. The van der Waals surface area contributed by atoms with Gasteiger partial charge in [0.25, 0.3) is 0 Å². The molecule has 0 aliphatic rings. The Morgan fingerprint density at radius 2 is 1.88 bits per heavy atom. The third kappa shape index (κ3) is 6.99. The van der Waals surface area contributed by atoms with Crippen molar-refractivity contribution >= 4 is 11.8 Å². The molecule has 0 saturated carbocycles. The molecule has 0 radical (unpaired) electrons. The number of hydrogen-bond donors (Lipinski definition) is 2. The number of anilines is 2. The lowest BCUT2D eigenvalue weighted by Gasteiger charge is -2.13. The predicted octanol–water partition coefficient (Wildman–Crippen LogP) is 4.52. The van der Waals surface area contributed by atoms with Crippen LogP contribution in [0.5, 0.6) is 5.75 Å². The maximum Gasteiger partial charge on any atom is 0.224 e. The van der Waals surface area contributed by atoms with Crippen LogP contribution in [0.2, 0.25) is 0 Å². The second-order valence-corrected chi connectivity index (χ2v) is 6.08. The number of rotatable bonds is 12. The van der Waals surface area contributed by atoms with E-state index in [9.17, 15) is 0 Å². The highest BCUT2D eigenvalue weighted by Gasteiger charge is 2.07. The topological polar surface area (TPSA) is 59.1 Å². The molecule has 0 amide bonds. The van der Waals surface area contributed by atoms with Crippen LogP contribution >= 0.6 is 0 Å². The fourth-order valence-corrected chi connectivity index (χ4v) is 2.54. The number of ether oxygens (including phenoxy) is 1. The van der Waals surface area contributed by atoms with E-state index in [2.05, 4.69) is 57.9 Å². The second-order valence-electron chi connectivity index (χ2n) is 6.08. The van der Waals surface area contributed by atoms with Gasteiger partial charge in [-0.3, -0.25) is 0 Å². The second kappa shape index (κ2) is 11.3. The van der Waals surface area contributed by atoms with Crippen molar-refractivity contribution < 1.29 is 4.74 Å². The van der Waals surface area contributed by atoms with Crippen LogP contribution in [-0.4, -0.2) is 30.2 Å². The molecular weight excluding hydrogens is 312 g/mol. The summed E-state index contributed by atoms with van der Waals surface area (Å²) in [5.41, 5.74) is 1.40. The van der Waals surface area contributed by atoms with Crippen LogP contribution < -0.4 is 15.4 Å². The van der Waals surface area contributed by atoms with Gasteiger partial charge in [0.15, 0.2) is 11.6 Å². The largest absolute Gasteiger partial charge is 0.488 e. The van der Waals surface area contributed by atoms with Gasteiger partial charge in [-0.25, -0.2) is 4.98 Å². The van der Waals surface area contributed by atoms with Gasteiger partial charge in [-0.2, -0.15) is 4.98 Å². The number of aryl methyl sites for hydroxylation is 1. The average Bonchev–Trinajstić information content (AvgIpc) is 2.66. The summed E-state index contributed by atoms with van der Waals surface area (Å²) in [6, 6.07) is 10.6. The first-order chi connectivity index (χ1) is 12.3. The number of hydrogen-bond acceptors (Lipinski definition) is 5. The molecule has 5 nitrogen and oxygen atoms in total. The molecular formula is C20H30N4O. The van der Waals surface area contributed by atoms with Gasteiger partial charge in [0.1, 0.15) is 0 Å². The van der Waals surface area contributed by atoms with Crippen molar-refractivity contribution in [1.82, 2.24) is 9.97 Å². The number of aromatic nitrogens is 2. The Labute approximate surface area is 151 Å². The Balaban J connectivity index is 1.73. The van der Waals surface area contributed by atoms with Gasteiger partial charge in [-0.15, -0.1) is 0 Å². The zero-order chi connectivity index (χ0) is 17.7. The van der Waals surface area contributed by atoms with Gasteiger partial charge in [0, 0.05) is 13.6 Å². The Morgan fingerprint density at radius 3 is 2.64 bits per heavy atom. The van der Waals surface area contributed by atoms with Crippen LogP contribution in [0.3, 0.4) is 0 Å². The fourth-order valence-electron chi connectivity index (χ4n) is 2.54. The Hall–Kier alpha value is -2.30. The van der Waals surface area contributed by atoms with Gasteiger partial charge in [-0.05, 0) is 37.7 Å². The van der Waals surface area contributed by atoms with Crippen LogP contribution in [0.15, 0.2) is 36.5 Å². The first kappa shape index (κ1) is 19.0. The number of nitrogens with one attached hydrogen (secondary N) is 2. The zero-order valence-corrected chi connectivity index (χ0v) is 15.4. The number of benzene rings is 1. The van der Waals surface area contributed by atoms with E-state index in [0.717, 1.165) is 50.2 Å². The summed E-state index contributed by atoms with van der Waals surface area (Å²) in [7, 11) is 1.82. The van der Waals surface area contributed by atoms with Crippen molar-refractivity contribution in [3.63, 3.8) is 0 Å². The summed E-state index contributed by atoms with van der Waals surface area (Å²) in [6.45, 7) is 3.76. The normalized spacial score (nSPS) is 10.5. The minimum absolute atomic E-state index is 0.606. The van der Waals surface area contributed by atoms with Crippen LogP contribution in [0.4, 0.5) is 11.8 Å². The highest BCUT2D eigenvalue weighted by molar-refractivity contribution is 5.51. The monoisotopic (exact) mass is 342 g/mol. The van der Waals surface area contributed by atoms with E-state index >= 15 is 0 Å². The van der Waals surface area contributed by atoms with Gasteiger partial charge in [0.2, 0.25) is 5.95 Å². The lowest BCUT2D eigenvalue weighted by molar-refractivity contribution is 0.304. The maximum atomic E-state index is 5.90. The first-order valence-corrected chi connectivity index (χ1v) is 9.29. The summed E-state index contributed by atoms with van der Waals surface area (Å²) < 4.78 is 5.90. The van der Waals surface area contributed by atoms with E-state index in [0.29, 0.717) is 12.6 Å². The fraction of sp³-hybridized carbons (Fsp3) is 0.500. The molecule has 0 spiro atoms. The van der Waals surface area contributed by atoms with Crippen LogP contribution in [0.1, 0.15) is 44.6 Å². The standard InChI is InChI=1S/C20H30N4O/c1-3-4-14-22-19-18(16-23-20(21-2)24-19)25-15-10-6-9-13-17-11-7-5-8-12-17/h5,7-8,11-12,16H,3-4,6,9-10,13-15H2,1-2H3,(H2,21,22,23,24). The molecule has 0 unspecified atom stereocenters. The smallest absolute Gasteiger partial charge is 0.224 e. The summed E-state index contributed by atoms with van der Waals surface area (Å²) in [5, 5.41) is 6.31. The minimum atomic E-state index is 0.606. The van der Waals surface area contributed by atoms with Crippen molar-refractivity contribution in [2.45, 2.75) is 45.4 Å². The molecule has 0 bridgehead atoms. The molecule has 0 aliphatic heterocycles. The summed E-state index contributed by atoms with van der Waals surface area (Å²) in [4.78, 5) is 8.71. The molecule has 5 heteroatoms. The van der Waals surface area contributed by atoms with Gasteiger partial charge < -0.3 is 15.4 Å². The third-order valence-corrected chi connectivity index (χ3v) is 4.01. The first-order valence-electron chi connectivity index (χ1n) is 9.29. The summed E-state index contributed by atoms with van der Waals surface area (Å²) >= 11 is 0. The molecule has 2 aromatic rings. The van der Waals surface area contributed by atoms with E-state index in [-0.39, 0.29) is 0 Å². The Morgan fingerprint density at radius 1 is 1.04 bits per heavy atom. The molecule has 2 N–H and O–H groups in total. The van der Waals surface area contributed by atoms with E-state index in [4.69, 9.17) is 4.74 Å². The molecule has 1 heterocycles. The SMILES string of the molecule is CCCCNc1nc(NC)ncc1OCCCCCc1ccccc1. The summed E-state index contributed by atoms with van der Waals surface area (Å²) in [5.74, 6) is 2.12. The van der Waals surface area contributed by atoms with Gasteiger partial charge in [-0.1, -0.05) is 43.7 Å². The molecule has 2 rings (SSSR count). The Kier molecular flexibility index (Phi) is 8.59. The van der Waals surface area contributed by atoms with Crippen molar-refractivity contribution in [3.8, 4) is 5.75 Å². The van der Waals surface area contributed by atoms with Crippen LogP contribution in [0, 0.1) is 0 Å². The van der Waals surface area contributed by atoms with Crippen LogP contribution in [0.25, 0.3) is 0 Å². The van der Waals surface area contributed by atoms with Crippen molar-refractivity contribution in [2.24, 2.45) is 0 Å². The third-order valence-electron chi connectivity index (χ3n) is 4.01. The molecule has 1 aromatic heterocycles. The maximum absolute atomic E-state index is 5.90. The molecule has 0 aliphatic carbocycles. The quantitative estimate of drug-likeness (QED) is 0.555. The van der Waals surface area contributed by atoms with E-state index in [1.165, 1.54) is 12.0 Å². The molecule has 0 atom stereocenters. The van der Waals surface area contributed by atoms with E-state index < -0.39 is 0 Å². The predicted molar refractivity (Wildman–Crippen MR) is 104 cm³/mol. The summed E-state index contributed by atoms with van der Waals surface area (Å²) in [6.07, 6.45) is 8.51. The van der Waals surface area contributed by atoms with E-state index in [1.54, 1.807) is 6.20 Å². The highest BCUT2D eigenvalue weighted by atomic mass is 16.5. The highest BCUT2D eigenvalue weighted by Crippen LogP contribution is 2.22. The lowest BCUT2D eigenvalue weighted by atomic mass is 10.1. The molecule has 0 saturated heterocycles. The van der Waals surface area contributed by atoms with Gasteiger partial charge in [0.05, 0.1) is 12.8 Å². The number of nitrogens with zero attached hydrogens (tertiary/aromatic N) is 2. The van der Waals surface area contributed by atoms with Crippen molar-refractivity contribution in [2.75, 3.05) is 30.8 Å². The van der Waals surface area contributed by atoms with Crippen molar-refractivity contribution in [1.29, 1.82) is 0 Å². The minimum Gasteiger partial charge on any atom is -0.488 e. The van der Waals surface area contributed by atoms with Crippen molar-refractivity contribution in [3.05, 3.63) is 42.1 Å². The average molecular weight is 342 g/mol. The van der Waals surface area contributed by atoms with E-state index in [1.807, 2.05) is 7.05 Å². The molecule has 136 valence electrons. The molecule has 25 heavy (non-hydrogen) atoms. The number of unbranched alkanes of at least 4 members (excludes halogenated alkanes) is 3. The Bertz CT molecular complexity index is 604. The molecule has 1 aromatic carbocycles.